The third-order valence-corrected chi connectivity index (χ3v) is 3.63. The van der Waals surface area contributed by atoms with Crippen molar-refractivity contribution >= 4 is 6.03 Å². The quantitative estimate of drug-likeness (QED) is 0.872. The smallest absolute Gasteiger partial charge is 0.315 e. The van der Waals surface area contributed by atoms with Gasteiger partial charge in [0.15, 0.2) is 0 Å². The van der Waals surface area contributed by atoms with Crippen LogP contribution in [0.2, 0.25) is 0 Å². The summed E-state index contributed by atoms with van der Waals surface area (Å²) in [4.78, 5) is 14.1. The van der Waals surface area contributed by atoms with Crippen molar-refractivity contribution in [3.8, 4) is 0 Å². The van der Waals surface area contributed by atoms with Crippen molar-refractivity contribution in [3.05, 3.63) is 35.4 Å². The van der Waals surface area contributed by atoms with Crippen molar-refractivity contribution in [2.75, 3.05) is 20.1 Å². The summed E-state index contributed by atoms with van der Waals surface area (Å²) in [5.74, 6) is 0. The van der Waals surface area contributed by atoms with Crippen molar-refractivity contribution < 1.29 is 4.79 Å². The molecule has 1 aliphatic rings. The predicted molar refractivity (Wildman–Crippen MR) is 77.1 cm³/mol. The molecule has 0 radical (unpaired) electrons. The minimum absolute atomic E-state index is 0.0601. The second-order valence-corrected chi connectivity index (χ2v) is 5.39. The maximum atomic E-state index is 11.8. The molecule has 2 amide bonds. The van der Waals surface area contributed by atoms with Gasteiger partial charge >= 0.3 is 6.03 Å². The van der Waals surface area contributed by atoms with Gasteiger partial charge in [-0.2, -0.15) is 0 Å². The molecule has 0 atom stereocenters. The number of hydrogen-bond acceptors (Lipinski definition) is 2. The lowest BCUT2D eigenvalue weighted by molar-refractivity contribution is 0.213. The highest BCUT2D eigenvalue weighted by Gasteiger charge is 2.17. The Morgan fingerprint density at radius 3 is 2.53 bits per heavy atom. The summed E-state index contributed by atoms with van der Waals surface area (Å²) in [6.45, 7) is 4.76. The SMILES string of the molecule is Cc1ccc(CNC(=O)NC2CCN(C)CC2)cc1. The van der Waals surface area contributed by atoms with E-state index in [1.165, 1.54) is 5.56 Å². The van der Waals surface area contributed by atoms with Gasteiger partial charge in [-0.05, 0) is 45.5 Å². The van der Waals surface area contributed by atoms with Gasteiger partial charge in [0.25, 0.3) is 0 Å². The van der Waals surface area contributed by atoms with Gasteiger partial charge in [0.05, 0.1) is 0 Å². The van der Waals surface area contributed by atoms with Crippen LogP contribution in [0.3, 0.4) is 0 Å². The number of nitrogens with zero attached hydrogens (tertiary/aromatic N) is 1. The lowest BCUT2D eigenvalue weighted by Gasteiger charge is -2.29. The number of nitrogens with one attached hydrogen (secondary N) is 2. The van der Waals surface area contributed by atoms with Crippen LogP contribution in [0.4, 0.5) is 4.79 Å². The van der Waals surface area contributed by atoms with Crippen LogP contribution in [0.15, 0.2) is 24.3 Å². The van der Waals surface area contributed by atoms with Gasteiger partial charge in [-0.15, -0.1) is 0 Å². The molecular weight excluding hydrogens is 238 g/mol. The van der Waals surface area contributed by atoms with Crippen molar-refractivity contribution in [1.82, 2.24) is 15.5 Å². The van der Waals surface area contributed by atoms with Gasteiger partial charge in [-0.25, -0.2) is 4.79 Å². The number of urea groups is 1. The number of piperidine rings is 1. The molecule has 0 aromatic heterocycles. The first-order valence-electron chi connectivity index (χ1n) is 6.92. The fourth-order valence-corrected chi connectivity index (χ4v) is 2.28. The number of carbonyl (C=O) groups excluding carboxylic acids is 1. The molecule has 2 N–H and O–H groups in total. The van der Waals surface area contributed by atoms with Crippen molar-refractivity contribution in [2.45, 2.75) is 32.4 Å². The Bertz CT molecular complexity index is 408. The molecule has 4 heteroatoms. The van der Waals surface area contributed by atoms with Gasteiger partial charge in [-0.3, -0.25) is 0 Å². The van der Waals surface area contributed by atoms with Gasteiger partial charge in [0, 0.05) is 12.6 Å². The summed E-state index contributed by atoms with van der Waals surface area (Å²) < 4.78 is 0. The summed E-state index contributed by atoms with van der Waals surface area (Å²) in [5, 5.41) is 5.96. The van der Waals surface area contributed by atoms with E-state index < -0.39 is 0 Å². The standard InChI is InChI=1S/C15H23N3O/c1-12-3-5-13(6-4-12)11-16-15(19)17-14-7-9-18(2)10-8-14/h3-6,14H,7-11H2,1-2H3,(H2,16,17,19). The maximum absolute atomic E-state index is 11.8. The Kier molecular flexibility index (Phi) is 4.80. The van der Waals surface area contributed by atoms with E-state index in [-0.39, 0.29) is 6.03 Å². The number of benzene rings is 1. The van der Waals surface area contributed by atoms with E-state index in [0.717, 1.165) is 31.5 Å². The highest BCUT2D eigenvalue weighted by molar-refractivity contribution is 5.74. The zero-order valence-corrected chi connectivity index (χ0v) is 11.8. The molecular formula is C15H23N3O. The number of likely N-dealkylation sites (tertiary alicyclic amines) is 1. The largest absolute Gasteiger partial charge is 0.335 e. The topological polar surface area (TPSA) is 44.4 Å². The van der Waals surface area contributed by atoms with Crippen LogP contribution in [0, 0.1) is 6.92 Å². The zero-order chi connectivity index (χ0) is 13.7. The van der Waals surface area contributed by atoms with E-state index in [1.54, 1.807) is 0 Å². The Morgan fingerprint density at radius 1 is 1.26 bits per heavy atom. The summed E-state index contributed by atoms with van der Waals surface area (Å²) in [5.41, 5.74) is 2.36. The third kappa shape index (κ3) is 4.56. The van der Waals surface area contributed by atoms with Gasteiger partial charge in [-0.1, -0.05) is 29.8 Å². The predicted octanol–water partition coefficient (Wildman–Crippen LogP) is 1.89. The summed E-state index contributed by atoms with van der Waals surface area (Å²) in [6, 6.07) is 8.47. The van der Waals surface area contributed by atoms with Crippen LogP contribution in [-0.4, -0.2) is 37.1 Å². The fourth-order valence-electron chi connectivity index (χ4n) is 2.28. The molecule has 0 aliphatic carbocycles. The number of aryl methyl sites for hydroxylation is 1. The van der Waals surface area contributed by atoms with E-state index in [1.807, 2.05) is 12.1 Å². The molecule has 104 valence electrons. The molecule has 1 aliphatic heterocycles. The highest BCUT2D eigenvalue weighted by atomic mass is 16.2. The van der Waals surface area contributed by atoms with E-state index in [0.29, 0.717) is 12.6 Å². The van der Waals surface area contributed by atoms with E-state index in [4.69, 9.17) is 0 Å². The molecule has 1 aromatic carbocycles. The molecule has 4 nitrogen and oxygen atoms in total. The van der Waals surface area contributed by atoms with Crippen LogP contribution in [0.5, 0.6) is 0 Å². The first-order chi connectivity index (χ1) is 9.13. The first kappa shape index (κ1) is 13.9. The van der Waals surface area contributed by atoms with Crippen LogP contribution >= 0.6 is 0 Å². The highest BCUT2D eigenvalue weighted by Crippen LogP contribution is 2.08. The third-order valence-electron chi connectivity index (χ3n) is 3.63. The fraction of sp³-hybridized carbons (Fsp3) is 0.533. The van der Waals surface area contributed by atoms with Gasteiger partial charge in [0.1, 0.15) is 0 Å². The number of carbonyl (C=O) groups is 1. The molecule has 1 saturated heterocycles. The zero-order valence-electron chi connectivity index (χ0n) is 11.8. The Morgan fingerprint density at radius 2 is 1.89 bits per heavy atom. The van der Waals surface area contributed by atoms with E-state index >= 15 is 0 Å². The maximum Gasteiger partial charge on any atom is 0.315 e. The van der Waals surface area contributed by atoms with Gasteiger partial charge < -0.3 is 15.5 Å². The van der Waals surface area contributed by atoms with Crippen molar-refractivity contribution in [2.24, 2.45) is 0 Å². The van der Waals surface area contributed by atoms with E-state index in [9.17, 15) is 4.79 Å². The summed E-state index contributed by atoms with van der Waals surface area (Å²) in [7, 11) is 2.12. The minimum Gasteiger partial charge on any atom is -0.335 e. The van der Waals surface area contributed by atoms with Gasteiger partial charge in [0.2, 0.25) is 0 Å². The van der Waals surface area contributed by atoms with E-state index in [2.05, 4.69) is 41.6 Å². The molecule has 1 heterocycles. The Labute approximate surface area is 115 Å². The monoisotopic (exact) mass is 261 g/mol. The van der Waals surface area contributed by atoms with Crippen molar-refractivity contribution in [1.29, 1.82) is 0 Å². The number of hydrogen-bond donors (Lipinski definition) is 2. The number of rotatable bonds is 3. The van der Waals surface area contributed by atoms with Crippen LogP contribution < -0.4 is 10.6 Å². The molecule has 19 heavy (non-hydrogen) atoms. The normalized spacial score (nSPS) is 17.2. The average Bonchev–Trinajstić information content (AvgIpc) is 2.41. The summed E-state index contributed by atoms with van der Waals surface area (Å²) in [6.07, 6.45) is 2.07. The lowest BCUT2D eigenvalue weighted by atomic mass is 10.1. The number of amides is 2. The average molecular weight is 261 g/mol. The van der Waals surface area contributed by atoms with Crippen LogP contribution in [-0.2, 0) is 6.54 Å². The van der Waals surface area contributed by atoms with Crippen molar-refractivity contribution in [3.63, 3.8) is 0 Å². The molecule has 2 rings (SSSR count). The first-order valence-corrected chi connectivity index (χ1v) is 6.92. The molecule has 0 saturated carbocycles. The molecule has 0 unspecified atom stereocenters. The Hall–Kier alpha value is -1.55. The second kappa shape index (κ2) is 6.57. The molecule has 0 bridgehead atoms. The second-order valence-electron chi connectivity index (χ2n) is 5.39. The minimum atomic E-state index is -0.0601. The van der Waals surface area contributed by atoms with Crippen LogP contribution in [0.25, 0.3) is 0 Å². The van der Waals surface area contributed by atoms with Crippen LogP contribution in [0.1, 0.15) is 24.0 Å². The molecule has 1 aromatic rings. The molecule has 0 spiro atoms. The lowest BCUT2D eigenvalue weighted by Crippen LogP contribution is -2.46. The Balaban J connectivity index is 1.71. The molecule has 1 fully saturated rings. The summed E-state index contributed by atoms with van der Waals surface area (Å²) >= 11 is 0.